The maximum absolute atomic E-state index is 12.6. The maximum atomic E-state index is 12.6. The van der Waals surface area contributed by atoms with Gasteiger partial charge in [-0.1, -0.05) is 30.3 Å². The van der Waals surface area contributed by atoms with Crippen molar-refractivity contribution < 1.29 is 19.1 Å². The van der Waals surface area contributed by atoms with Gasteiger partial charge in [0.15, 0.2) is 0 Å². The molecule has 1 fully saturated rings. The lowest BCUT2D eigenvalue weighted by molar-refractivity contribution is -0.132. The van der Waals surface area contributed by atoms with Crippen LogP contribution in [0.1, 0.15) is 28.4 Å². The first kappa shape index (κ1) is 24.3. The first-order valence-electron chi connectivity index (χ1n) is 11.2. The third kappa shape index (κ3) is 6.55. The van der Waals surface area contributed by atoms with Crippen LogP contribution in [0.4, 0.5) is 5.69 Å². The van der Waals surface area contributed by atoms with E-state index in [9.17, 15) is 14.4 Å². The van der Waals surface area contributed by atoms with Gasteiger partial charge in [0.25, 0.3) is 5.91 Å². The molecule has 0 aromatic heterocycles. The lowest BCUT2D eigenvalue weighted by Crippen LogP contribution is -2.52. The molecule has 3 rings (SSSR count). The molecular weight excluding hydrogens is 420 g/mol. The highest BCUT2D eigenvalue weighted by Crippen LogP contribution is 2.19. The Hall–Kier alpha value is -3.39. The van der Waals surface area contributed by atoms with Crippen LogP contribution in [0.3, 0.4) is 0 Å². The maximum Gasteiger partial charge on any atom is 0.255 e. The van der Waals surface area contributed by atoms with Gasteiger partial charge < -0.3 is 20.3 Å². The molecule has 8 heteroatoms. The van der Waals surface area contributed by atoms with E-state index in [-0.39, 0.29) is 30.8 Å². The molecule has 3 amide bonds. The Bertz CT molecular complexity index is 979. The fourth-order valence-electron chi connectivity index (χ4n) is 3.85. The van der Waals surface area contributed by atoms with Crippen molar-refractivity contribution in [1.82, 2.24) is 15.1 Å². The van der Waals surface area contributed by atoms with E-state index in [1.54, 1.807) is 29.2 Å². The molecular formula is C25H32N4O4. The topological polar surface area (TPSA) is 91.0 Å². The van der Waals surface area contributed by atoms with E-state index >= 15 is 0 Å². The summed E-state index contributed by atoms with van der Waals surface area (Å²) >= 11 is 0. The van der Waals surface area contributed by atoms with Crippen LogP contribution in [0.25, 0.3) is 0 Å². The zero-order valence-corrected chi connectivity index (χ0v) is 19.5. The molecule has 1 aliphatic heterocycles. The summed E-state index contributed by atoms with van der Waals surface area (Å²) in [5.74, 6) is -0.0452. The predicted molar refractivity (Wildman–Crippen MR) is 128 cm³/mol. The highest BCUT2D eigenvalue weighted by atomic mass is 16.5. The van der Waals surface area contributed by atoms with E-state index in [0.717, 1.165) is 16.8 Å². The van der Waals surface area contributed by atoms with Crippen molar-refractivity contribution >= 4 is 23.4 Å². The number of nitrogens with one attached hydrogen (secondary N) is 2. The largest absolute Gasteiger partial charge is 0.493 e. The molecule has 2 aromatic carbocycles. The van der Waals surface area contributed by atoms with Crippen LogP contribution in [-0.4, -0.2) is 73.4 Å². The third-order valence-electron chi connectivity index (χ3n) is 5.67. The number of carbonyl (C=O) groups excluding carboxylic acids is 3. The summed E-state index contributed by atoms with van der Waals surface area (Å²) < 4.78 is 5.48. The number of rotatable bonds is 8. The molecule has 0 aliphatic carbocycles. The number of para-hydroxylation sites is 2. The first-order valence-corrected chi connectivity index (χ1v) is 11.2. The number of amides is 3. The number of nitrogens with zero attached hydrogens (tertiary/aromatic N) is 2. The SMILES string of the molecule is CCOc1ccccc1C(=O)NCC(=O)N1CCN(CC(=O)Nc2c(C)cccc2C)CC1. The summed E-state index contributed by atoms with van der Waals surface area (Å²) in [5, 5.41) is 5.69. The Kier molecular flexibility index (Phi) is 8.43. The first-order chi connectivity index (χ1) is 15.9. The normalized spacial score (nSPS) is 14.0. The van der Waals surface area contributed by atoms with Crippen LogP contribution in [0.5, 0.6) is 5.75 Å². The minimum absolute atomic E-state index is 0.0626. The molecule has 0 unspecified atom stereocenters. The highest BCUT2D eigenvalue weighted by Gasteiger charge is 2.23. The molecule has 2 N–H and O–H groups in total. The summed E-state index contributed by atoms with van der Waals surface area (Å²) in [5.41, 5.74) is 3.33. The van der Waals surface area contributed by atoms with Crippen molar-refractivity contribution in [3.8, 4) is 5.75 Å². The molecule has 0 atom stereocenters. The van der Waals surface area contributed by atoms with Gasteiger partial charge in [0.1, 0.15) is 5.75 Å². The molecule has 2 aromatic rings. The van der Waals surface area contributed by atoms with Crippen LogP contribution < -0.4 is 15.4 Å². The molecule has 0 spiro atoms. The minimum atomic E-state index is -0.339. The van der Waals surface area contributed by atoms with E-state index in [1.807, 2.05) is 43.9 Å². The summed E-state index contributed by atoms with van der Waals surface area (Å²) in [6, 6.07) is 12.9. The smallest absolute Gasteiger partial charge is 0.255 e. The summed E-state index contributed by atoms with van der Waals surface area (Å²) in [7, 11) is 0. The quantitative estimate of drug-likeness (QED) is 0.641. The standard InChI is InChI=1S/C25H32N4O4/c1-4-33-21-11-6-5-10-20(21)25(32)26-16-23(31)29-14-12-28(13-15-29)17-22(30)27-24-18(2)8-7-9-19(24)3/h5-11H,4,12-17H2,1-3H3,(H,26,32)(H,27,30). The van der Waals surface area contributed by atoms with Gasteiger partial charge in [-0.05, 0) is 44.0 Å². The van der Waals surface area contributed by atoms with Gasteiger partial charge in [-0.15, -0.1) is 0 Å². The number of hydrogen-bond donors (Lipinski definition) is 2. The molecule has 1 saturated heterocycles. The van der Waals surface area contributed by atoms with Gasteiger partial charge in [0, 0.05) is 31.9 Å². The molecule has 1 heterocycles. The highest BCUT2D eigenvalue weighted by molar-refractivity contribution is 5.98. The predicted octanol–water partition coefficient (Wildman–Crippen LogP) is 2.21. The number of benzene rings is 2. The monoisotopic (exact) mass is 452 g/mol. The van der Waals surface area contributed by atoms with Crippen molar-refractivity contribution in [2.45, 2.75) is 20.8 Å². The van der Waals surface area contributed by atoms with E-state index in [4.69, 9.17) is 4.74 Å². The molecule has 33 heavy (non-hydrogen) atoms. The Morgan fingerprint density at radius 3 is 2.27 bits per heavy atom. The van der Waals surface area contributed by atoms with Crippen LogP contribution in [-0.2, 0) is 9.59 Å². The van der Waals surface area contributed by atoms with Crippen LogP contribution in [0, 0.1) is 13.8 Å². The van der Waals surface area contributed by atoms with Crippen LogP contribution >= 0.6 is 0 Å². The van der Waals surface area contributed by atoms with Gasteiger partial charge in [0.05, 0.1) is 25.3 Å². The van der Waals surface area contributed by atoms with Crippen molar-refractivity contribution in [3.05, 3.63) is 59.2 Å². The van der Waals surface area contributed by atoms with Gasteiger partial charge >= 0.3 is 0 Å². The molecule has 8 nitrogen and oxygen atoms in total. The van der Waals surface area contributed by atoms with E-state index in [0.29, 0.717) is 44.1 Å². The molecule has 176 valence electrons. The lowest BCUT2D eigenvalue weighted by Gasteiger charge is -2.34. The number of piperazine rings is 1. The molecule has 0 bridgehead atoms. The fourth-order valence-corrected chi connectivity index (χ4v) is 3.85. The zero-order chi connectivity index (χ0) is 23.8. The number of carbonyl (C=O) groups is 3. The van der Waals surface area contributed by atoms with E-state index in [1.165, 1.54) is 0 Å². The second-order valence-corrected chi connectivity index (χ2v) is 8.08. The van der Waals surface area contributed by atoms with Crippen LogP contribution in [0.2, 0.25) is 0 Å². The van der Waals surface area contributed by atoms with E-state index in [2.05, 4.69) is 10.6 Å². The number of anilines is 1. The second-order valence-electron chi connectivity index (χ2n) is 8.08. The van der Waals surface area contributed by atoms with Gasteiger partial charge in [-0.25, -0.2) is 0 Å². The van der Waals surface area contributed by atoms with Crippen molar-refractivity contribution in [1.29, 1.82) is 0 Å². The van der Waals surface area contributed by atoms with Gasteiger partial charge in [0.2, 0.25) is 11.8 Å². The van der Waals surface area contributed by atoms with E-state index < -0.39 is 0 Å². The van der Waals surface area contributed by atoms with Crippen molar-refractivity contribution in [3.63, 3.8) is 0 Å². The van der Waals surface area contributed by atoms with Crippen molar-refractivity contribution in [2.75, 3.05) is 51.2 Å². The Morgan fingerprint density at radius 1 is 0.939 bits per heavy atom. The van der Waals surface area contributed by atoms with Gasteiger partial charge in [-0.2, -0.15) is 0 Å². The summed E-state index contributed by atoms with van der Waals surface area (Å²) in [6.45, 7) is 8.69. The Morgan fingerprint density at radius 2 is 1.61 bits per heavy atom. The summed E-state index contributed by atoms with van der Waals surface area (Å²) in [4.78, 5) is 41.3. The van der Waals surface area contributed by atoms with Crippen molar-refractivity contribution in [2.24, 2.45) is 0 Å². The second kappa shape index (κ2) is 11.5. The lowest BCUT2D eigenvalue weighted by atomic mass is 10.1. The molecule has 0 radical (unpaired) electrons. The average molecular weight is 453 g/mol. The number of hydrogen-bond acceptors (Lipinski definition) is 5. The van der Waals surface area contributed by atoms with Gasteiger partial charge in [-0.3, -0.25) is 19.3 Å². The Labute approximate surface area is 194 Å². The average Bonchev–Trinajstić information content (AvgIpc) is 2.81. The number of ether oxygens (including phenoxy) is 1. The zero-order valence-electron chi connectivity index (χ0n) is 19.5. The number of aryl methyl sites for hydroxylation is 2. The Balaban J connectivity index is 1.43. The summed E-state index contributed by atoms with van der Waals surface area (Å²) in [6.07, 6.45) is 0. The fraction of sp³-hybridized carbons (Fsp3) is 0.400. The third-order valence-corrected chi connectivity index (χ3v) is 5.67. The molecule has 1 aliphatic rings. The minimum Gasteiger partial charge on any atom is -0.493 e. The molecule has 0 saturated carbocycles. The van der Waals surface area contributed by atoms with Crippen LogP contribution in [0.15, 0.2) is 42.5 Å².